The summed E-state index contributed by atoms with van der Waals surface area (Å²) in [4.78, 5) is 10.4. The summed E-state index contributed by atoms with van der Waals surface area (Å²) in [7, 11) is 3.97. The molecule has 0 saturated heterocycles. The largest absolute Gasteiger partial charge is 0.550 e. The Morgan fingerprint density at radius 3 is 2.33 bits per heavy atom. The van der Waals surface area contributed by atoms with E-state index in [0.29, 0.717) is 17.6 Å². The SMILES string of the molecule is C=C(OCC[N+](C)(C)CCC(=O)[O-])C(C)(C)CC. The molecule has 0 heterocycles. The molecule has 0 spiro atoms. The van der Waals surface area contributed by atoms with Crippen molar-refractivity contribution in [2.75, 3.05) is 33.8 Å². The molecular weight excluding hydrogens is 230 g/mol. The van der Waals surface area contributed by atoms with E-state index < -0.39 is 5.97 Å². The number of ether oxygens (including phenoxy) is 1. The maximum absolute atomic E-state index is 10.4. The molecule has 0 bridgehead atoms. The second-order valence-electron chi connectivity index (χ2n) is 6.01. The number of hydrogen-bond donors (Lipinski definition) is 0. The predicted octanol–water partition coefficient (Wildman–Crippen LogP) is 1.17. The van der Waals surface area contributed by atoms with Crippen LogP contribution in [0.1, 0.15) is 33.6 Å². The summed E-state index contributed by atoms with van der Waals surface area (Å²) in [6.45, 7) is 12.1. The first kappa shape index (κ1) is 17.0. The predicted molar refractivity (Wildman–Crippen MR) is 70.6 cm³/mol. The van der Waals surface area contributed by atoms with Crippen molar-refractivity contribution in [2.45, 2.75) is 33.6 Å². The monoisotopic (exact) mass is 257 g/mol. The van der Waals surface area contributed by atoms with Gasteiger partial charge in [-0.2, -0.15) is 0 Å². The minimum Gasteiger partial charge on any atom is -0.550 e. The fraction of sp³-hybridized carbons (Fsp3) is 0.786. The van der Waals surface area contributed by atoms with Crippen molar-refractivity contribution >= 4 is 5.97 Å². The highest BCUT2D eigenvalue weighted by Gasteiger charge is 2.22. The number of quaternary nitrogens is 1. The molecule has 0 aromatic carbocycles. The fourth-order valence-electron chi connectivity index (χ4n) is 1.31. The average molecular weight is 257 g/mol. The van der Waals surface area contributed by atoms with Crippen molar-refractivity contribution in [1.29, 1.82) is 0 Å². The number of carboxylic acid groups (broad SMARTS) is 1. The molecule has 4 nitrogen and oxygen atoms in total. The standard InChI is InChI=1S/C14H27NO3/c1-7-14(3,4)12(2)18-11-10-15(5,6)9-8-13(16)17/h2,7-11H2,1,3-6H3. The van der Waals surface area contributed by atoms with E-state index >= 15 is 0 Å². The summed E-state index contributed by atoms with van der Waals surface area (Å²) in [6.07, 6.45) is 1.06. The first-order chi connectivity index (χ1) is 8.10. The van der Waals surface area contributed by atoms with Crippen molar-refractivity contribution in [3.8, 4) is 0 Å². The van der Waals surface area contributed by atoms with Crippen molar-refractivity contribution in [1.82, 2.24) is 0 Å². The highest BCUT2D eigenvalue weighted by atomic mass is 16.5. The molecule has 0 fully saturated rings. The highest BCUT2D eigenvalue weighted by Crippen LogP contribution is 2.29. The second-order valence-corrected chi connectivity index (χ2v) is 6.01. The minimum absolute atomic E-state index is 0.0118. The molecule has 0 aromatic rings. The van der Waals surface area contributed by atoms with E-state index in [1.54, 1.807) is 0 Å². The molecule has 106 valence electrons. The number of nitrogens with zero attached hydrogens (tertiary/aromatic N) is 1. The van der Waals surface area contributed by atoms with E-state index in [9.17, 15) is 9.90 Å². The summed E-state index contributed by atoms with van der Waals surface area (Å²) in [5.41, 5.74) is -0.0118. The maximum atomic E-state index is 10.4. The molecule has 18 heavy (non-hydrogen) atoms. The van der Waals surface area contributed by atoms with Gasteiger partial charge in [-0.25, -0.2) is 0 Å². The van der Waals surface area contributed by atoms with Crippen LogP contribution in [0.2, 0.25) is 0 Å². The Hall–Kier alpha value is -1.03. The van der Waals surface area contributed by atoms with Crippen LogP contribution < -0.4 is 5.11 Å². The van der Waals surface area contributed by atoms with E-state index in [-0.39, 0.29) is 11.8 Å². The minimum atomic E-state index is -1.00. The summed E-state index contributed by atoms with van der Waals surface area (Å²) in [5.74, 6) is -0.205. The smallest absolute Gasteiger partial charge is 0.137 e. The summed E-state index contributed by atoms with van der Waals surface area (Å²) >= 11 is 0. The topological polar surface area (TPSA) is 49.4 Å². The Labute approximate surface area is 111 Å². The number of carbonyl (C=O) groups is 1. The van der Waals surface area contributed by atoms with Crippen molar-refractivity contribution in [3.63, 3.8) is 0 Å². The molecule has 0 aromatic heterocycles. The Kier molecular flexibility index (Phi) is 6.39. The highest BCUT2D eigenvalue weighted by molar-refractivity contribution is 5.64. The number of hydrogen-bond acceptors (Lipinski definition) is 3. The van der Waals surface area contributed by atoms with Crippen LogP contribution in [0.25, 0.3) is 0 Å². The molecule has 0 aliphatic rings. The van der Waals surface area contributed by atoms with E-state index in [2.05, 4.69) is 27.4 Å². The van der Waals surface area contributed by atoms with Gasteiger partial charge in [0, 0.05) is 17.8 Å². The van der Waals surface area contributed by atoms with Crippen LogP contribution in [0.4, 0.5) is 0 Å². The molecule has 0 amide bonds. The van der Waals surface area contributed by atoms with Gasteiger partial charge in [0.2, 0.25) is 0 Å². The lowest BCUT2D eigenvalue weighted by molar-refractivity contribution is -0.890. The van der Waals surface area contributed by atoms with Crippen LogP contribution >= 0.6 is 0 Å². The second kappa shape index (κ2) is 6.78. The van der Waals surface area contributed by atoms with Crippen molar-refractivity contribution in [3.05, 3.63) is 12.3 Å². The van der Waals surface area contributed by atoms with Crippen LogP contribution in [0, 0.1) is 5.41 Å². The van der Waals surface area contributed by atoms with E-state index in [1.807, 2.05) is 14.1 Å². The lowest BCUT2D eigenvalue weighted by Crippen LogP contribution is -2.45. The lowest BCUT2D eigenvalue weighted by Gasteiger charge is -2.31. The third-order valence-electron chi connectivity index (χ3n) is 3.53. The molecule has 0 atom stereocenters. The molecule has 0 N–H and O–H groups in total. The Balaban J connectivity index is 4.03. The maximum Gasteiger partial charge on any atom is 0.137 e. The first-order valence-electron chi connectivity index (χ1n) is 6.45. The van der Waals surface area contributed by atoms with Gasteiger partial charge in [-0.05, 0) is 6.42 Å². The Morgan fingerprint density at radius 2 is 1.89 bits per heavy atom. The third-order valence-corrected chi connectivity index (χ3v) is 3.53. The molecule has 0 saturated carbocycles. The van der Waals surface area contributed by atoms with Crippen LogP contribution in [0.5, 0.6) is 0 Å². The lowest BCUT2D eigenvalue weighted by atomic mass is 9.88. The molecule has 0 rings (SSSR count). The van der Waals surface area contributed by atoms with Gasteiger partial charge in [-0.3, -0.25) is 0 Å². The number of likely N-dealkylation sites (N-methyl/N-ethyl adjacent to an activating group) is 1. The number of carbonyl (C=O) groups excluding carboxylic acids is 1. The quantitative estimate of drug-likeness (QED) is 0.460. The number of carboxylic acids is 1. The van der Waals surface area contributed by atoms with Crippen LogP contribution in [0.3, 0.4) is 0 Å². The number of allylic oxidation sites excluding steroid dienone is 1. The molecule has 0 radical (unpaired) electrons. The van der Waals surface area contributed by atoms with Gasteiger partial charge in [-0.1, -0.05) is 27.4 Å². The van der Waals surface area contributed by atoms with Gasteiger partial charge >= 0.3 is 0 Å². The van der Waals surface area contributed by atoms with Crippen LogP contribution in [-0.4, -0.2) is 44.2 Å². The molecule has 4 heteroatoms. The fourth-order valence-corrected chi connectivity index (χ4v) is 1.31. The first-order valence-corrected chi connectivity index (χ1v) is 6.45. The third kappa shape index (κ3) is 6.64. The van der Waals surface area contributed by atoms with E-state index in [1.165, 1.54) is 0 Å². The van der Waals surface area contributed by atoms with Gasteiger partial charge in [0.05, 0.1) is 26.4 Å². The molecular formula is C14H27NO3. The van der Waals surface area contributed by atoms with Gasteiger partial charge in [0.15, 0.2) is 0 Å². The average Bonchev–Trinajstić information content (AvgIpc) is 2.26. The summed E-state index contributed by atoms with van der Waals surface area (Å²) < 4.78 is 6.27. The zero-order chi connectivity index (χ0) is 14.4. The van der Waals surface area contributed by atoms with Crippen LogP contribution in [-0.2, 0) is 9.53 Å². The zero-order valence-corrected chi connectivity index (χ0v) is 12.4. The summed E-state index contributed by atoms with van der Waals surface area (Å²) in [6, 6.07) is 0. The summed E-state index contributed by atoms with van der Waals surface area (Å²) in [5, 5.41) is 10.4. The number of rotatable bonds is 9. The van der Waals surface area contributed by atoms with E-state index in [0.717, 1.165) is 18.7 Å². The molecule has 0 aliphatic heterocycles. The van der Waals surface area contributed by atoms with Crippen molar-refractivity contribution in [2.24, 2.45) is 5.41 Å². The van der Waals surface area contributed by atoms with Gasteiger partial charge in [0.1, 0.15) is 13.2 Å². The Morgan fingerprint density at radius 1 is 1.33 bits per heavy atom. The molecule has 0 aliphatic carbocycles. The van der Waals surface area contributed by atoms with Crippen LogP contribution in [0.15, 0.2) is 12.3 Å². The zero-order valence-electron chi connectivity index (χ0n) is 12.4. The normalized spacial score (nSPS) is 12.3. The van der Waals surface area contributed by atoms with Gasteiger partial charge in [0.25, 0.3) is 0 Å². The van der Waals surface area contributed by atoms with E-state index in [4.69, 9.17) is 4.74 Å². The van der Waals surface area contributed by atoms with Gasteiger partial charge in [-0.15, -0.1) is 0 Å². The van der Waals surface area contributed by atoms with Crippen molar-refractivity contribution < 1.29 is 19.1 Å². The molecule has 0 unspecified atom stereocenters. The number of aliphatic carboxylic acids is 1. The van der Waals surface area contributed by atoms with Gasteiger partial charge < -0.3 is 19.1 Å². The Bertz CT molecular complexity index is 295.